The Bertz CT molecular complexity index is 1390. The van der Waals surface area contributed by atoms with Crippen molar-refractivity contribution in [2.45, 2.75) is 43.3 Å². The van der Waals surface area contributed by atoms with E-state index in [0.29, 0.717) is 24.5 Å². The summed E-state index contributed by atoms with van der Waals surface area (Å²) in [5.41, 5.74) is 4.40. The average Bonchev–Trinajstić information content (AvgIpc) is 3.69. The molecule has 4 heterocycles. The first kappa shape index (κ1) is 28.0. The van der Waals surface area contributed by atoms with Crippen molar-refractivity contribution in [3.8, 4) is 17.0 Å². The van der Waals surface area contributed by atoms with E-state index in [1.807, 2.05) is 24.3 Å². The molecule has 0 bridgehead atoms. The van der Waals surface area contributed by atoms with Gasteiger partial charge in [-0.2, -0.15) is 0 Å². The SMILES string of the molecule is O=C(C=Cc1ccn(S(=O)(=O)c2ccc(-c3ccc(OCCN4CCCC4)cc3)nc2)c1)NOC1CCCCO1. The van der Waals surface area contributed by atoms with Gasteiger partial charge >= 0.3 is 0 Å². The molecule has 2 aliphatic rings. The van der Waals surface area contributed by atoms with Crippen LogP contribution in [-0.4, -0.2) is 67.3 Å². The highest BCUT2D eigenvalue weighted by molar-refractivity contribution is 7.90. The Balaban J connectivity index is 1.15. The van der Waals surface area contributed by atoms with Gasteiger partial charge in [0.05, 0.1) is 5.69 Å². The molecule has 10 nitrogen and oxygen atoms in total. The summed E-state index contributed by atoms with van der Waals surface area (Å²) >= 11 is 0. The molecule has 2 aliphatic heterocycles. The van der Waals surface area contributed by atoms with Gasteiger partial charge in [-0.25, -0.2) is 22.7 Å². The lowest BCUT2D eigenvalue weighted by molar-refractivity contribution is -0.198. The number of carbonyl (C=O) groups excluding carboxylic acids is 1. The lowest BCUT2D eigenvalue weighted by Crippen LogP contribution is -2.32. The highest BCUT2D eigenvalue weighted by Crippen LogP contribution is 2.23. The largest absolute Gasteiger partial charge is 0.492 e. The molecular weight excluding hydrogens is 532 g/mol. The van der Waals surface area contributed by atoms with Gasteiger partial charge in [0, 0.05) is 49.8 Å². The van der Waals surface area contributed by atoms with Crippen molar-refractivity contribution >= 4 is 22.0 Å². The predicted molar refractivity (Wildman–Crippen MR) is 150 cm³/mol. The van der Waals surface area contributed by atoms with E-state index in [1.165, 1.54) is 49.7 Å². The molecule has 0 aliphatic carbocycles. The summed E-state index contributed by atoms with van der Waals surface area (Å²) in [6.45, 7) is 4.48. The van der Waals surface area contributed by atoms with Crippen LogP contribution in [0.4, 0.5) is 0 Å². The minimum absolute atomic E-state index is 0.0582. The number of nitrogens with one attached hydrogen (secondary N) is 1. The lowest BCUT2D eigenvalue weighted by atomic mass is 10.1. The van der Waals surface area contributed by atoms with Crippen LogP contribution in [0.25, 0.3) is 17.3 Å². The number of pyridine rings is 1. The van der Waals surface area contributed by atoms with Crippen LogP contribution < -0.4 is 10.2 Å². The topological polar surface area (TPSA) is 112 Å². The number of aromatic nitrogens is 2. The van der Waals surface area contributed by atoms with Crippen LogP contribution >= 0.6 is 0 Å². The molecular formula is C29H34N4O6S. The first-order chi connectivity index (χ1) is 19.5. The first-order valence-electron chi connectivity index (χ1n) is 13.6. The van der Waals surface area contributed by atoms with Crippen LogP contribution in [0, 0.1) is 0 Å². The number of benzene rings is 1. The standard InChI is InChI=1S/C29H34N4O6S/c34-28(31-39-29-5-1-4-19-38-29)13-6-23-14-17-33(22-23)40(35,36)26-11-12-27(30-21-26)24-7-9-25(10-8-24)37-20-18-32-15-2-3-16-32/h6-14,17,21-22,29H,1-5,15-16,18-20H2,(H,31,34). The van der Waals surface area contributed by atoms with E-state index in [0.717, 1.165) is 54.2 Å². The molecule has 1 atom stereocenters. The summed E-state index contributed by atoms with van der Waals surface area (Å²) in [6, 6.07) is 12.4. The molecule has 40 heavy (non-hydrogen) atoms. The molecule has 11 heteroatoms. The van der Waals surface area contributed by atoms with Crippen LogP contribution in [0.15, 0.2) is 72.0 Å². The Hall–Kier alpha value is -3.51. The van der Waals surface area contributed by atoms with Crippen LogP contribution in [-0.2, 0) is 24.4 Å². The van der Waals surface area contributed by atoms with Crippen molar-refractivity contribution in [3.63, 3.8) is 0 Å². The molecule has 0 radical (unpaired) electrons. The maximum atomic E-state index is 13.1. The van der Waals surface area contributed by atoms with Gasteiger partial charge < -0.3 is 9.47 Å². The lowest BCUT2D eigenvalue weighted by Gasteiger charge is -2.21. The summed E-state index contributed by atoms with van der Waals surface area (Å²) < 4.78 is 38.6. The van der Waals surface area contributed by atoms with Crippen molar-refractivity contribution in [2.75, 3.05) is 32.8 Å². The van der Waals surface area contributed by atoms with Gasteiger partial charge in [0.2, 0.25) is 0 Å². The monoisotopic (exact) mass is 566 g/mol. The minimum atomic E-state index is -3.85. The van der Waals surface area contributed by atoms with E-state index < -0.39 is 22.2 Å². The van der Waals surface area contributed by atoms with Crippen molar-refractivity contribution in [3.05, 3.63) is 72.7 Å². The van der Waals surface area contributed by atoms with E-state index >= 15 is 0 Å². The number of nitrogens with zero attached hydrogens (tertiary/aromatic N) is 3. The van der Waals surface area contributed by atoms with Gasteiger partial charge in [-0.05, 0) is 92.9 Å². The van der Waals surface area contributed by atoms with Crippen molar-refractivity contribution < 1.29 is 27.5 Å². The summed E-state index contributed by atoms with van der Waals surface area (Å²) in [7, 11) is -3.85. The second-order valence-corrected chi connectivity index (χ2v) is 11.6. The zero-order valence-corrected chi connectivity index (χ0v) is 23.1. The first-order valence-corrected chi connectivity index (χ1v) is 15.0. The van der Waals surface area contributed by atoms with E-state index in [4.69, 9.17) is 14.3 Å². The highest BCUT2D eigenvalue weighted by Gasteiger charge is 2.18. The number of rotatable bonds is 11. The summed E-state index contributed by atoms with van der Waals surface area (Å²) in [5, 5.41) is 0. The minimum Gasteiger partial charge on any atom is -0.492 e. The van der Waals surface area contributed by atoms with Crippen molar-refractivity contribution in [1.82, 2.24) is 19.3 Å². The molecule has 1 amide bonds. The summed E-state index contributed by atoms with van der Waals surface area (Å²) in [5.74, 6) is 0.328. The van der Waals surface area contributed by atoms with Crippen LogP contribution in [0.3, 0.4) is 0 Å². The zero-order valence-electron chi connectivity index (χ0n) is 22.3. The number of hydrogen-bond donors (Lipinski definition) is 1. The fraction of sp³-hybridized carbons (Fsp3) is 0.379. The van der Waals surface area contributed by atoms with E-state index in [2.05, 4.69) is 15.4 Å². The number of carbonyl (C=O) groups is 1. The maximum Gasteiger partial charge on any atom is 0.269 e. The van der Waals surface area contributed by atoms with E-state index in [1.54, 1.807) is 12.1 Å². The van der Waals surface area contributed by atoms with Crippen LogP contribution in [0.5, 0.6) is 5.75 Å². The van der Waals surface area contributed by atoms with Gasteiger partial charge in [-0.15, -0.1) is 0 Å². The Morgan fingerprint density at radius 1 is 1.07 bits per heavy atom. The Morgan fingerprint density at radius 3 is 2.62 bits per heavy atom. The number of hydroxylamine groups is 1. The number of hydrogen-bond acceptors (Lipinski definition) is 8. The average molecular weight is 567 g/mol. The molecule has 2 aromatic heterocycles. The molecule has 2 fully saturated rings. The van der Waals surface area contributed by atoms with Gasteiger partial charge in [-0.1, -0.05) is 0 Å². The van der Waals surface area contributed by atoms with Gasteiger partial charge in [-0.3, -0.25) is 14.7 Å². The third-order valence-corrected chi connectivity index (χ3v) is 8.50. The Labute approximate surface area is 234 Å². The number of ether oxygens (including phenoxy) is 2. The molecule has 0 saturated carbocycles. The second kappa shape index (κ2) is 13.2. The molecule has 0 spiro atoms. The molecule has 1 aromatic carbocycles. The smallest absolute Gasteiger partial charge is 0.269 e. The highest BCUT2D eigenvalue weighted by atomic mass is 32.2. The van der Waals surface area contributed by atoms with Gasteiger partial charge in [0.1, 0.15) is 17.3 Å². The predicted octanol–water partition coefficient (Wildman–Crippen LogP) is 3.85. The number of likely N-dealkylation sites (tertiary alicyclic amines) is 1. The van der Waals surface area contributed by atoms with Gasteiger partial charge in [0.15, 0.2) is 6.29 Å². The third-order valence-electron chi connectivity index (χ3n) is 6.88. The van der Waals surface area contributed by atoms with Crippen molar-refractivity contribution in [2.24, 2.45) is 0 Å². The fourth-order valence-corrected chi connectivity index (χ4v) is 5.77. The molecule has 1 unspecified atom stereocenters. The number of amides is 1. The van der Waals surface area contributed by atoms with Crippen molar-refractivity contribution in [1.29, 1.82) is 0 Å². The molecule has 2 saturated heterocycles. The molecule has 3 aromatic rings. The zero-order chi connectivity index (χ0) is 27.8. The molecule has 212 valence electrons. The normalized spacial score (nSPS) is 18.2. The van der Waals surface area contributed by atoms with E-state index in [9.17, 15) is 13.2 Å². The van der Waals surface area contributed by atoms with Crippen LogP contribution in [0.1, 0.15) is 37.7 Å². The summed E-state index contributed by atoms with van der Waals surface area (Å²) in [4.78, 5) is 24.1. The molecule has 1 N–H and O–H groups in total. The second-order valence-electron chi connectivity index (χ2n) is 9.79. The van der Waals surface area contributed by atoms with Gasteiger partial charge in [0.25, 0.3) is 15.9 Å². The Morgan fingerprint density at radius 2 is 1.90 bits per heavy atom. The maximum absolute atomic E-state index is 13.1. The Kier molecular flexibility index (Phi) is 9.27. The summed E-state index contributed by atoms with van der Waals surface area (Å²) in [6.07, 6.45) is 11.8. The molecule has 5 rings (SSSR count). The third kappa shape index (κ3) is 7.36. The van der Waals surface area contributed by atoms with Crippen LogP contribution in [0.2, 0.25) is 0 Å². The fourth-order valence-electron chi connectivity index (χ4n) is 4.62. The quantitative estimate of drug-likeness (QED) is 0.275. The van der Waals surface area contributed by atoms with E-state index in [-0.39, 0.29) is 4.90 Å².